The Hall–Kier alpha value is -0.570. The van der Waals surface area contributed by atoms with E-state index >= 15 is 0 Å². The first-order chi connectivity index (χ1) is 8.18. The Morgan fingerprint density at radius 2 is 1.88 bits per heavy atom. The topological polar surface area (TPSA) is 49.3 Å². The molecule has 1 amide bonds. The molecule has 2 saturated carbocycles. The van der Waals surface area contributed by atoms with Crippen molar-refractivity contribution in [2.24, 2.45) is 5.41 Å². The summed E-state index contributed by atoms with van der Waals surface area (Å²) >= 11 is 0. The fraction of sp³-hybridized carbons (Fsp3) is 0.929. The molecule has 0 aromatic carbocycles. The van der Waals surface area contributed by atoms with Crippen LogP contribution in [-0.4, -0.2) is 23.2 Å². The third kappa shape index (κ3) is 2.65. The predicted octanol–water partition coefficient (Wildman–Crippen LogP) is 2.38. The number of carbonyl (C=O) groups is 1. The molecule has 0 spiro atoms. The maximum Gasteiger partial charge on any atom is 0.226 e. The van der Waals surface area contributed by atoms with Crippen molar-refractivity contribution < 1.29 is 9.90 Å². The molecule has 0 saturated heterocycles. The minimum atomic E-state index is -0.331. The molecule has 2 aliphatic carbocycles. The van der Waals surface area contributed by atoms with E-state index in [-0.39, 0.29) is 23.5 Å². The van der Waals surface area contributed by atoms with Gasteiger partial charge in [-0.25, -0.2) is 0 Å². The molecule has 2 aliphatic rings. The van der Waals surface area contributed by atoms with E-state index in [9.17, 15) is 9.90 Å². The lowest BCUT2D eigenvalue weighted by Gasteiger charge is -2.33. The second-order valence-corrected chi connectivity index (χ2v) is 5.77. The van der Waals surface area contributed by atoms with Crippen LogP contribution in [0.4, 0.5) is 0 Å². The Balaban J connectivity index is 1.95. The molecule has 17 heavy (non-hydrogen) atoms. The van der Waals surface area contributed by atoms with Crippen molar-refractivity contribution in [2.75, 3.05) is 0 Å². The summed E-state index contributed by atoms with van der Waals surface area (Å²) in [7, 11) is 0. The lowest BCUT2D eigenvalue weighted by Crippen LogP contribution is -2.50. The van der Waals surface area contributed by atoms with E-state index in [1.807, 2.05) is 0 Å². The number of carbonyl (C=O) groups excluding carboxylic acids is 1. The molecule has 2 unspecified atom stereocenters. The highest BCUT2D eigenvalue weighted by Gasteiger charge is 2.40. The summed E-state index contributed by atoms with van der Waals surface area (Å²) in [5.41, 5.74) is -0.128. The fourth-order valence-electron chi connectivity index (χ4n) is 3.39. The lowest BCUT2D eigenvalue weighted by atomic mass is 9.81. The van der Waals surface area contributed by atoms with E-state index in [1.54, 1.807) is 0 Å². The first kappa shape index (κ1) is 12.9. The Morgan fingerprint density at radius 3 is 2.47 bits per heavy atom. The third-order valence-corrected chi connectivity index (χ3v) is 4.77. The molecule has 3 nitrogen and oxygen atoms in total. The van der Waals surface area contributed by atoms with E-state index in [2.05, 4.69) is 12.2 Å². The molecule has 0 aromatic heterocycles. The van der Waals surface area contributed by atoms with Crippen molar-refractivity contribution >= 4 is 5.91 Å². The third-order valence-electron chi connectivity index (χ3n) is 4.77. The van der Waals surface area contributed by atoms with Crippen molar-refractivity contribution in [3.63, 3.8) is 0 Å². The van der Waals surface area contributed by atoms with E-state index in [0.29, 0.717) is 0 Å². The number of hydrogen-bond acceptors (Lipinski definition) is 2. The molecule has 2 rings (SSSR count). The minimum Gasteiger partial charge on any atom is -0.391 e. The summed E-state index contributed by atoms with van der Waals surface area (Å²) in [6.07, 6.45) is 8.99. The Bertz CT molecular complexity index is 271. The summed E-state index contributed by atoms with van der Waals surface area (Å²) in [4.78, 5) is 12.4. The quantitative estimate of drug-likeness (QED) is 0.794. The van der Waals surface area contributed by atoms with Crippen LogP contribution >= 0.6 is 0 Å². The van der Waals surface area contributed by atoms with Crippen LogP contribution in [0.25, 0.3) is 0 Å². The molecule has 0 aromatic rings. The highest BCUT2D eigenvalue weighted by atomic mass is 16.3. The fourth-order valence-corrected chi connectivity index (χ4v) is 3.39. The van der Waals surface area contributed by atoms with Gasteiger partial charge in [-0.2, -0.15) is 0 Å². The van der Waals surface area contributed by atoms with Crippen LogP contribution < -0.4 is 5.32 Å². The lowest BCUT2D eigenvalue weighted by molar-refractivity contribution is -0.133. The van der Waals surface area contributed by atoms with Gasteiger partial charge in [-0.05, 0) is 32.1 Å². The standard InChI is InChI=1S/C14H25NO2/c1-2-14(9-5-6-10-14)13(17)15-11-7-3-4-8-12(11)16/h11-12,16H,2-10H2,1H3,(H,15,17). The van der Waals surface area contributed by atoms with Crippen molar-refractivity contribution in [2.45, 2.75) is 76.9 Å². The molecular formula is C14H25NO2. The Kier molecular flexibility index (Phi) is 4.08. The molecule has 0 aliphatic heterocycles. The smallest absolute Gasteiger partial charge is 0.226 e. The Morgan fingerprint density at radius 1 is 1.24 bits per heavy atom. The Labute approximate surface area is 104 Å². The van der Waals surface area contributed by atoms with Crippen LogP contribution in [0.5, 0.6) is 0 Å². The van der Waals surface area contributed by atoms with Gasteiger partial charge in [0.1, 0.15) is 0 Å². The number of nitrogens with one attached hydrogen (secondary N) is 1. The molecule has 0 heterocycles. The van der Waals surface area contributed by atoms with Gasteiger partial charge in [-0.15, -0.1) is 0 Å². The molecule has 3 heteroatoms. The summed E-state index contributed by atoms with van der Waals surface area (Å²) in [6.45, 7) is 2.11. The van der Waals surface area contributed by atoms with Gasteiger partial charge >= 0.3 is 0 Å². The summed E-state index contributed by atoms with van der Waals surface area (Å²) in [6, 6.07) is 0.000255. The van der Waals surface area contributed by atoms with Crippen molar-refractivity contribution in [1.82, 2.24) is 5.32 Å². The number of rotatable bonds is 3. The van der Waals surface area contributed by atoms with E-state index in [1.165, 1.54) is 12.8 Å². The van der Waals surface area contributed by atoms with Gasteiger partial charge in [0.05, 0.1) is 12.1 Å². The van der Waals surface area contributed by atoms with Gasteiger partial charge in [-0.3, -0.25) is 4.79 Å². The van der Waals surface area contributed by atoms with Crippen LogP contribution in [0.3, 0.4) is 0 Å². The summed E-state index contributed by atoms with van der Waals surface area (Å²) in [5, 5.41) is 13.0. The van der Waals surface area contributed by atoms with Gasteiger partial charge in [0.2, 0.25) is 5.91 Å². The second kappa shape index (κ2) is 5.38. The number of amides is 1. The number of aliphatic hydroxyl groups is 1. The van der Waals surface area contributed by atoms with Crippen LogP contribution in [0.15, 0.2) is 0 Å². The first-order valence-corrected chi connectivity index (χ1v) is 7.17. The zero-order chi connectivity index (χ0) is 12.3. The molecule has 98 valence electrons. The molecule has 2 atom stereocenters. The number of hydrogen-bond donors (Lipinski definition) is 2. The summed E-state index contributed by atoms with van der Waals surface area (Å²) in [5.74, 6) is 0.198. The molecular weight excluding hydrogens is 214 g/mol. The monoisotopic (exact) mass is 239 g/mol. The van der Waals surface area contributed by atoms with Crippen LogP contribution in [-0.2, 0) is 4.79 Å². The average molecular weight is 239 g/mol. The van der Waals surface area contributed by atoms with Gasteiger partial charge in [0, 0.05) is 5.41 Å². The maximum atomic E-state index is 12.4. The van der Waals surface area contributed by atoms with Crippen LogP contribution in [0.1, 0.15) is 64.7 Å². The van der Waals surface area contributed by atoms with Gasteiger partial charge < -0.3 is 10.4 Å². The van der Waals surface area contributed by atoms with Crippen molar-refractivity contribution in [3.8, 4) is 0 Å². The maximum absolute atomic E-state index is 12.4. The van der Waals surface area contributed by atoms with E-state index in [0.717, 1.165) is 44.9 Å². The number of aliphatic hydroxyl groups excluding tert-OH is 1. The SMILES string of the molecule is CCC1(C(=O)NC2CCCCC2O)CCCC1. The zero-order valence-electron chi connectivity index (χ0n) is 10.9. The van der Waals surface area contributed by atoms with Crippen molar-refractivity contribution in [1.29, 1.82) is 0 Å². The molecule has 0 bridgehead atoms. The van der Waals surface area contributed by atoms with Gasteiger partial charge in [-0.1, -0.05) is 32.6 Å². The normalized spacial score (nSPS) is 32.4. The largest absolute Gasteiger partial charge is 0.391 e. The van der Waals surface area contributed by atoms with Crippen LogP contribution in [0.2, 0.25) is 0 Å². The van der Waals surface area contributed by atoms with Crippen molar-refractivity contribution in [3.05, 3.63) is 0 Å². The molecule has 0 radical (unpaired) electrons. The zero-order valence-corrected chi connectivity index (χ0v) is 10.9. The van der Waals surface area contributed by atoms with Gasteiger partial charge in [0.15, 0.2) is 0 Å². The molecule has 2 fully saturated rings. The van der Waals surface area contributed by atoms with E-state index < -0.39 is 0 Å². The van der Waals surface area contributed by atoms with Gasteiger partial charge in [0.25, 0.3) is 0 Å². The summed E-state index contributed by atoms with van der Waals surface area (Å²) < 4.78 is 0. The highest BCUT2D eigenvalue weighted by Crippen LogP contribution is 2.41. The highest BCUT2D eigenvalue weighted by molar-refractivity contribution is 5.83. The molecule has 2 N–H and O–H groups in total. The predicted molar refractivity (Wildman–Crippen MR) is 67.6 cm³/mol. The van der Waals surface area contributed by atoms with E-state index in [4.69, 9.17) is 0 Å². The second-order valence-electron chi connectivity index (χ2n) is 5.77. The van der Waals surface area contributed by atoms with Crippen LogP contribution in [0, 0.1) is 5.41 Å². The first-order valence-electron chi connectivity index (χ1n) is 7.17. The minimum absolute atomic E-state index is 0.000255. The average Bonchev–Trinajstić information content (AvgIpc) is 2.82.